The third kappa shape index (κ3) is 2.11. The lowest BCUT2D eigenvalue weighted by Crippen LogP contribution is -2.13. The molecule has 78 valence electrons. The highest BCUT2D eigenvalue weighted by atomic mass is 16.5. The summed E-state index contributed by atoms with van der Waals surface area (Å²) in [4.78, 5) is 15.5. The van der Waals surface area contributed by atoms with Gasteiger partial charge in [-0.2, -0.15) is 0 Å². The van der Waals surface area contributed by atoms with Crippen molar-refractivity contribution in [3.63, 3.8) is 0 Å². The number of methoxy groups -OCH3 is 1. The van der Waals surface area contributed by atoms with Crippen LogP contribution in [-0.2, 0) is 16.2 Å². The van der Waals surface area contributed by atoms with Crippen molar-refractivity contribution in [2.45, 2.75) is 20.6 Å². The molecule has 14 heavy (non-hydrogen) atoms. The third-order valence-electron chi connectivity index (χ3n) is 1.76. The average molecular weight is 198 g/mol. The van der Waals surface area contributed by atoms with E-state index in [0.717, 1.165) is 0 Å². The molecule has 0 aromatic carbocycles. The van der Waals surface area contributed by atoms with E-state index < -0.39 is 0 Å². The molecule has 0 bridgehead atoms. The number of nitrogens with zero attached hydrogens (tertiary/aromatic N) is 2. The summed E-state index contributed by atoms with van der Waals surface area (Å²) in [5.41, 5.74) is 1.11. The first-order valence-corrected chi connectivity index (χ1v) is 4.38. The van der Waals surface area contributed by atoms with Crippen molar-refractivity contribution in [3.05, 3.63) is 17.7 Å². The Kier molecular flexibility index (Phi) is 3.64. The lowest BCUT2D eigenvalue weighted by Gasteiger charge is -2.06. The van der Waals surface area contributed by atoms with E-state index in [9.17, 15) is 4.79 Å². The first kappa shape index (κ1) is 10.7. The fraction of sp³-hybridized carbons (Fsp3) is 0.556. The van der Waals surface area contributed by atoms with E-state index in [-0.39, 0.29) is 5.97 Å². The van der Waals surface area contributed by atoms with Crippen LogP contribution < -0.4 is 0 Å². The van der Waals surface area contributed by atoms with Crippen LogP contribution in [0.25, 0.3) is 0 Å². The Morgan fingerprint density at radius 2 is 2.36 bits per heavy atom. The molecule has 0 saturated heterocycles. The number of carbonyl (C=O) groups is 1. The SMILES string of the molecule is CCOC(=O)c1c(C)ncn1COC. The molecule has 0 radical (unpaired) electrons. The number of aromatic nitrogens is 2. The summed E-state index contributed by atoms with van der Waals surface area (Å²) in [5, 5.41) is 0. The molecule has 0 fully saturated rings. The van der Waals surface area contributed by atoms with Crippen LogP contribution in [0.5, 0.6) is 0 Å². The lowest BCUT2D eigenvalue weighted by molar-refractivity contribution is 0.0493. The molecule has 0 aliphatic heterocycles. The van der Waals surface area contributed by atoms with Crippen LogP contribution in [-0.4, -0.2) is 29.2 Å². The van der Waals surface area contributed by atoms with Gasteiger partial charge in [-0.05, 0) is 13.8 Å². The summed E-state index contributed by atoms with van der Waals surface area (Å²) in [6.07, 6.45) is 1.56. The van der Waals surface area contributed by atoms with E-state index >= 15 is 0 Å². The third-order valence-corrected chi connectivity index (χ3v) is 1.76. The van der Waals surface area contributed by atoms with Gasteiger partial charge >= 0.3 is 5.97 Å². The van der Waals surface area contributed by atoms with Crippen molar-refractivity contribution in [1.29, 1.82) is 0 Å². The molecule has 0 atom stereocenters. The molecule has 1 aromatic rings. The molecule has 0 saturated carbocycles. The number of hydrogen-bond donors (Lipinski definition) is 0. The number of rotatable bonds is 4. The number of carbonyl (C=O) groups excluding carboxylic acids is 1. The van der Waals surface area contributed by atoms with Gasteiger partial charge in [0.15, 0.2) is 5.69 Å². The van der Waals surface area contributed by atoms with Gasteiger partial charge in [-0.1, -0.05) is 0 Å². The van der Waals surface area contributed by atoms with Gasteiger partial charge in [0.2, 0.25) is 0 Å². The first-order chi connectivity index (χ1) is 6.70. The zero-order valence-electron chi connectivity index (χ0n) is 8.61. The molecule has 5 nitrogen and oxygen atoms in total. The maximum absolute atomic E-state index is 11.5. The van der Waals surface area contributed by atoms with Crippen LogP contribution in [0.2, 0.25) is 0 Å². The molecule has 0 N–H and O–H groups in total. The van der Waals surface area contributed by atoms with Crippen molar-refractivity contribution in [1.82, 2.24) is 9.55 Å². The van der Waals surface area contributed by atoms with Gasteiger partial charge in [-0.25, -0.2) is 9.78 Å². The number of hydrogen-bond acceptors (Lipinski definition) is 4. The van der Waals surface area contributed by atoms with Crippen LogP contribution in [0, 0.1) is 6.92 Å². The molecule has 1 heterocycles. The molecule has 0 amide bonds. The summed E-state index contributed by atoms with van der Waals surface area (Å²) in [5.74, 6) is -0.362. The highest BCUT2D eigenvalue weighted by molar-refractivity contribution is 5.88. The Hall–Kier alpha value is -1.36. The van der Waals surface area contributed by atoms with E-state index in [1.807, 2.05) is 0 Å². The second kappa shape index (κ2) is 4.76. The van der Waals surface area contributed by atoms with Crippen molar-refractivity contribution in [2.75, 3.05) is 13.7 Å². The number of ether oxygens (including phenoxy) is 2. The number of aryl methyl sites for hydroxylation is 1. The van der Waals surface area contributed by atoms with Gasteiger partial charge in [0.25, 0.3) is 0 Å². The maximum Gasteiger partial charge on any atom is 0.356 e. The van der Waals surface area contributed by atoms with E-state index in [4.69, 9.17) is 9.47 Å². The lowest BCUT2D eigenvalue weighted by atomic mass is 10.3. The Labute approximate surface area is 82.6 Å². The van der Waals surface area contributed by atoms with E-state index in [0.29, 0.717) is 24.7 Å². The van der Waals surface area contributed by atoms with Crippen LogP contribution in [0.4, 0.5) is 0 Å². The van der Waals surface area contributed by atoms with Crippen molar-refractivity contribution in [2.24, 2.45) is 0 Å². The summed E-state index contributed by atoms with van der Waals surface area (Å²) in [6.45, 7) is 4.19. The van der Waals surface area contributed by atoms with Crippen molar-refractivity contribution in [3.8, 4) is 0 Å². The normalized spacial score (nSPS) is 10.2. The van der Waals surface area contributed by atoms with Gasteiger partial charge < -0.3 is 14.0 Å². The molecule has 0 aliphatic carbocycles. The second-order valence-electron chi connectivity index (χ2n) is 2.79. The monoisotopic (exact) mass is 198 g/mol. The Morgan fingerprint density at radius 1 is 1.64 bits per heavy atom. The molecule has 1 rings (SSSR count). The van der Waals surface area contributed by atoms with Gasteiger partial charge in [-0.15, -0.1) is 0 Å². The summed E-state index contributed by atoms with van der Waals surface area (Å²) in [7, 11) is 1.56. The standard InChI is InChI=1S/C9H14N2O3/c1-4-14-9(12)8-7(2)10-5-11(8)6-13-3/h5H,4,6H2,1-3H3. The minimum absolute atomic E-state index is 0.301. The fourth-order valence-corrected chi connectivity index (χ4v) is 1.18. The Morgan fingerprint density at radius 3 is 2.93 bits per heavy atom. The Bertz CT molecular complexity index is 320. The smallest absolute Gasteiger partial charge is 0.356 e. The molecule has 5 heteroatoms. The van der Waals surface area contributed by atoms with Crippen molar-refractivity contribution < 1.29 is 14.3 Å². The second-order valence-corrected chi connectivity index (χ2v) is 2.79. The number of esters is 1. The summed E-state index contributed by atoms with van der Waals surface area (Å²) < 4.78 is 11.4. The molecule has 1 aromatic heterocycles. The Balaban J connectivity index is 2.92. The van der Waals surface area contributed by atoms with Crippen LogP contribution in [0.1, 0.15) is 23.1 Å². The first-order valence-electron chi connectivity index (χ1n) is 4.38. The number of imidazole rings is 1. The van der Waals surface area contributed by atoms with E-state index in [2.05, 4.69) is 4.98 Å². The molecule has 0 aliphatic rings. The van der Waals surface area contributed by atoms with E-state index in [1.54, 1.807) is 31.9 Å². The summed E-state index contributed by atoms with van der Waals surface area (Å²) >= 11 is 0. The summed E-state index contributed by atoms with van der Waals surface area (Å²) in [6, 6.07) is 0. The molecule has 0 unspecified atom stereocenters. The molecular formula is C9H14N2O3. The molecular weight excluding hydrogens is 184 g/mol. The average Bonchev–Trinajstić information content (AvgIpc) is 2.48. The van der Waals surface area contributed by atoms with Gasteiger partial charge in [0.1, 0.15) is 6.73 Å². The zero-order valence-corrected chi connectivity index (χ0v) is 8.61. The highest BCUT2D eigenvalue weighted by Crippen LogP contribution is 2.08. The topological polar surface area (TPSA) is 53.3 Å². The molecule has 0 spiro atoms. The highest BCUT2D eigenvalue weighted by Gasteiger charge is 2.16. The van der Waals surface area contributed by atoms with Gasteiger partial charge in [-0.3, -0.25) is 0 Å². The predicted molar refractivity (Wildman–Crippen MR) is 49.9 cm³/mol. The quantitative estimate of drug-likeness (QED) is 0.676. The zero-order chi connectivity index (χ0) is 10.6. The largest absolute Gasteiger partial charge is 0.461 e. The van der Waals surface area contributed by atoms with Gasteiger partial charge in [0, 0.05) is 7.11 Å². The maximum atomic E-state index is 11.5. The van der Waals surface area contributed by atoms with Crippen molar-refractivity contribution >= 4 is 5.97 Å². The minimum atomic E-state index is -0.362. The fourth-order valence-electron chi connectivity index (χ4n) is 1.18. The minimum Gasteiger partial charge on any atom is -0.461 e. The van der Waals surface area contributed by atoms with Crippen LogP contribution >= 0.6 is 0 Å². The predicted octanol–water partition coefficient (Wildman–Crippen LogP) is 0.972. The van der Waals surface area contributed by atoms with Crippen LogP contribution in [0.3, 0.4) is 0 Å². The van der Waals surface area contributed by atoms with Gasteiger partial charge in [0.05, 0.1) is 18.6 Å². The van der Waals surface area contributed by atoms with E-state index in [1.165, 1.54) is 0 Å². The van der Waals surface area contributed by atoms with Crippen LogP contribution in [0.15, 0.2) is 6.33 Å².